The Balaban J connectivity index is 2.11. The fourth-order valence-electron chi connectivity index (χ4n) is 2.41. The topological polar surface area (TPSA) is 46.2 Å². The van der Waals surface area contributed by atoms with Gasteiger partial charge in [0.25, 0.3) is 0 Å². The van der Waals surface area contributed by atoms with Crippen LogP contribution in [-0.2, 0) is 9.84 Å². The Bertz CT molecular complexity index is 552. The Hall–Kier alpha value is -0.680. The first-order valence-electron chi connectivity index (χ1n) is 6.41. The lowest BCUT2D eigenvalue weighted by Gasteiger charge is -2.35. The van der Waals surface area contributed by atoms with Crippen LogP contribution in [0, 0.1) is 5.41 Å². The molecular formula is C14H21NO2S2. The molecule has 0 amide bonds. The number of nitrogens with one attached hydrogen (secondary N) is 1. The summed E-state index contributed by atoms with van der Waals surface area (Å²) in [7, 11) is -3.13. The molecule has 5 heteroatoms. The molecule has 0 aliphatic carbocycles. The molecule has 3 nitrogen and oxygen atoms in total. The van der Waals surface area contributed by atoms with Gasteiger partial charge in [-0.15, -0.1) is 0 Å². The lowest BCUT2D eigenvalue weighted by Crippen LogP contribution is -2.35. The van der Waals surface area contributed by atoms with Crippen LogP contribution in [0.5, 0.6) is 0 Å². The van der Waals surface area contributed by atoms with Crippen molar-refractivity contribution in [3.05, 3.63) is 24.3 Å². The van der Waals surface area contributed by atoms with Gasteiger partial charge in [0.05, 0.1) is 4.90 Å². The van der Waals surface area contributed by atoms with E-state index in [1.165, 1.54) is 12.0 Å². The summed E-state index contributed by atoms with van der Waals surface area (Å²) in [5.41, 5.74) is 1.24. The Morgan fingerprint density at radius 2 is 2.11 bits per heavy atom. The SMILES string of the molecule is CC1(C)CSCC(Nc2cccc(S(C)(=O)=O)c2)C1. The number of hydrogen-bond acceptors (Lipinski definition) is 4. The maximum atomic E-state index is 11.5. The van der Waals surface area contributed by atoms with Crippen molar-refractivity contribution in [2.24, 2.45) is 5.41 Å². The highest BCUT2D eigenvalue weighted by atomic mass is 32.2. The summed E-state index contributed by atoms with van der Waals surface area (Å²) in [4.78, 5) is 0.375. The molecule has 19 heavy (non-hydrogen) atoms. The summed E-state index contributed by atoms with van der Waals surface area (Å²) in [6.07, 6.45) is 2.36. The number of sulfone groups is 1. The smallest absolute Gasteiger partial charge is 0.175 e. The number of hydrogen-bond donors (Lipinski definition) is 1. The van der Waals surface area contributed by atoms with Gasteiger partial charge < -0.3 is 5.32 Å². The van der Waals surface area contributed by atoms with Crippen molar-refractivity contribution in [3.63, 3.8) is 0 Å². The number of thioether (sulfide) groups is 1. The number of anilines is 1. The molecule has 1 aliphatic rings. The molecule has 1 saturated heterocycles. The van der Waals surface area contributed by atoms with Gasteiger partial charge >= 0.3 is 0 Å². The maximum Gasteiger partial charge on any atom is 0.175 e. The van der Waals surface area contributed by atoms with Crippen LogP contribution >= 0.6 is 11.8 Å². The molecule has 1 heterocycles. The molecule has 0 radical (unpaired) electrons. The first-order valence-corrected chi connectivity index (χ1v) is 9.45. The zero-order valence-corrected chi connectivity index (χ0v) is 13.3. The van der Waals surface area contributed by atoms with Gasteiger partial charge in [0.1, 0.15) is 0 Å². The minimum absolute atomic E-state index is 0.342. The second-order valence-corrected chi connectivity index (χ2v) is 9.07. The fourth-order valence-corrected chi connectivity index (χ4v) is 4.35. The van der Waals surface area contributed by atoms with E-state index in [-0.39, 0.29) is 0 Å². The van der Waals surface area contributed by atoms with E-state index < -0.39 is 9.84 Å². The van der Waals surface area contributed by atoms with E-state index in [4.69, 9.17) is 0 Å². The third-order valence-corrected chi connectivity index (χ3v) is 5.98. The first-order chi connectivity index (χ1) is 8.76. The van der Waals surface area contributed by atoms with Crippen molar-refractivity contribution in [2.45, 2.75) is 31.2 Å². The van der Waals surface area contributed by atoms with Crippen LogP contribution in [0.25, 0.3) is 0 Å². The lowest BCUT2D eigenvalue weighted by molar-refractivity contribution is 0.358. The van der Waals surface area contributed by atoms with E-state index in [0.29, 0.717) is 16.4 Å². The minimum atomic E-state index is -3.13. The molecule has 106 valence electrons. The van der Waals surface area contributed by atoms with Crippen LogP contribution < -0.4 is 5.32 Å². The van der Waals surface area contributed by atoms with Crippen molar-refractivity contribution < 1.29 is 8.42 Å². The van der Waals surface area contributed by atoms with Crippen molar-refractivity contribution >= 4 is 27.3 Å². The first kappa shape index (κ1) is 14.7. The Morgan fingerprint density at radius 1 is 1.37 bits per heavy atom. The monoisotopic (exact) mass is 299 g/mol. The van der Waals surface area contributed by atoms with Crippen LogP contribution in [-0.4, -0.2) is 32.2 Å². The van der Waals surface area contributed by atoms with Crippen LogP contribution in [0.3, 0.4) is 0 Å². The zero-order valence-electron chi connectivity index (χ0n) is 11.6. The molecule has 1 aromatic rings. The van der Waals surface area contributed by atoms with Gasteiger partial charge in [-0.1, -0.05) is 19.9 Å². The Labute approximate surface area is 120 Å². The number of rotatable bonds is 3. The van der Waals surface area contributed by atoms with E-state index in [9.17, 15) is 8.42 Å². The predicted molar refractivity (Wildman–Crippen MR) is 82.7 cm³/mol. The molecule has 0 saturated carbocycles. The van der Waals surface area contributed by atoms with Crippen LogP contribution in [0.4, 0.5) is 5.69 Å². The summed E-state index contributed by atoms with van der Waals surface area (Å²) in [6.45, 7) is 4.56. The average Bonchev–Trinajstić information content (AvgIpc) is 2.26. The van der Waals surface area contributed by atoms with Crippen LogP contribution in [0.1, 0.15) is 20.3 Å². The highest BCUT2D eigenvalue weighted by Gasteiger charge is 2.28. The molecular weight excluding hydrogens is 278 g/mol. The van der Waals surface area contributed by atoms with Gasteiger partial charge in [0, 0.05) is 23.7 Å². The largest absolute Gasteiger partial charge is 0.381 e. The van der Waals surface area contributed by atoms with Gasteiger partial charge in [-0.2, -0.15) is 11.8 Å². The third kappa shape index (κ3) is 4.14. The lowest BCUT2D eigenvalue weighted by atomic mass is 9.88. The molecule has 1 atom stereocenters. The van der Waals surface area contributed by atoms with Crippen molar-refractivity contribution in [3.8, 4) is 0 Å². The molecule has 1 aliphatic heterocycles. The van der Waals surface area contributed by atoms with E-state index >= 15 is 0 Å². The van der Waals surface area contributed by atoms with E-state index in [1.807, 2.05) is 17.8 Å². The highest BCUT2D eigenvalue weighted by molar-refractivity contribution is 7.99. The van der Waals surface area contributed by atoms with Crippen LogP contribution in [0.2, 0.25) is 0 Å². The molecule has 2 rings (SSSR count). The normalized spacial score (nSPS) is 23.0. The maximum absolute atomic E-state index is 11.5. The van der Waals surface area contributed by atoms with Gasteiger partial charge in [-0.25, -0.2) is 8.42 Å². The predicted octanol–water partition coefficient (Wildman–Crippen LogP) is 3.03. The van der Waals surface area contributed by atoms with Crippen molar-refractivity contribution in [1.29, 1.82) is 0 Å². The summed E-state index contributed by atoms with van der Waals surface area (Å²) >= 11 is 1.96. The average molecular weight is 299 g/mol. The summed E-state index contributed by atoms with van der Waals surface area (Å²) in [6, 6.07) is 7.49. The molecule has 1 N–H and O–H groups in total. The van der Waals surface area contributed by atoms with Gasteiger partial charge in [-0.3, -0.25) is 0 Å². The molecule has 1 unspecified atom stereocenters. The molecule has 1 fully saturated rings. The van der Waals surface area contributed by atoms with Crippen LogP contribution in [0.15, 0.2) is 29.2 Å². The Morgan fingerprint density at radius 3 is 2.74 bits per heavy atom. The summed E-state index contributed by atoms with van der Waals surface area (Å²) in [5, 5.41) is 3.46. The summed E-state index contributed by atoms with van der Waals surface area (Å²) in [5.74, 6) is 2.26. The number of benzene rings is 1. The standard InChI is InChI=1S/C14H21NO2S2/c1-14(2)8-12(9-18-10-14)15-11-5-4-6-13(7-11)19(3,16)17/h4-7,12,15H,8-10H2,1-3H3. The summed E-state index contributed by atoms with van der Waals surface area (Å²) < 4.78 is 23.1. The van der Waals surface area contributed by atoms with E-state index in [0.717, 1.165) is 17.9 Å². The second-order valence-electron chi connectivity index (χ2n) is 6.02. The van der Waals surface area contributed by atoms with Gasteiger partial charge in [0.15, 0.2) is 9.84 Å². The van der Waals surface area contributed by atoms with E-state index in [2.05, 4.69) is 19.2 Å². The molecule has 0 bridgehead atoms. The van der Waals surface area contributed by atoms with Gasteiger partial charge in [-0.05, 0) is 35.8 Å². The highest BCUT2D eigenvalue weighted by Crippen LogP contribution is 2.34. The molecule has 0 spiro atoms. The van der Waals surface area contributed by atoms with Gasteiger partial charge in [0.2, 0.25) is 0 Å². The quantitative estimate of drug-likeness (QED) is 0.932. The van der Waals surface area contributed by atoms with E-state index in [1.54, 1.807) is 18.2 Å². The molecule has 1 aromatic carbocycles. The minimum Gasteiger partial charge on any atom is -0.381 e. The molecule has 0 aromatic heterocycles. The van der Waals surface area contributed by atoms with Crippen molar-refractivity contribution in [2.75, 3.05) is 23.1 Å². The third-order valence-electron chi connectivity index (χ3n) is 3.24. The Kier molecular flexibility index (Phi) is 4.16. The zero-order chi connectivity index (χ0) is 14.1. The fraction of sp³-hybridized carbons (Fsp3) is 0.571. The van der Waals surface area contributed by atoms with Crippen molar-refractivity contribution in [1.82, 2.24) is 0 Å². The second kappa shape index (κ2) is 5.37.